The van der Waals surface area contributed by atoms with Gasteiger partial charge in [0.1, 0.15) is 12.2 Å². The lowest BCUT2D eigenvalue weighted by atomic mass is 10.0. The van der Waals surface area contributed by atoms with Crippen molar-refractivity contribution < 1.29 is 28.5 Å². The van der Waals surface area contributed by atoms with Gasteiger partial charge in [-0.1, -0.05) is 63.3 Å². The Morgan fingerprint density at radius 3 is 2.47 bits per heavy atom. The largest absolute Gasteiger partial charge is 0.409 e. The third-order valence-corrected chi connectivity index (χ3v) is 11.6. The van der Waals surface area contributed by atoms with Crippen LogP contribution in [-0.4, -0.2) is 62.9 Å². The number of rotatable bonds is 7. The first kappa shape index (κ1) is 27.5. The van der Waals surface area contributed by atoms with E-state index >= 15 is 0 Å². The van der Waals surface area contributed by atoms with Crippen LogP contribution in [0.1, 0.15) is 53.0 Å². The third kappa shape index (κ3) is 7.72. The second kappa shape index (κ2) is 11.3. The minimum atomic E-state index is -2.13. The minimum Gasteiger partial charge on any atom is -0.409 e. The smallest absolute Gasteiger partial charge is 0.192 e. The zero-order valence-corrected chi connectivity index (χ0v) is 23.0. The monoisotopic (exact) mass is 492 g/mol. The van der Waals surface area contributed by atoms with Crippen molar-refractivity contribution in [1.82, 2.24) is 0 Å². The van der Waals surface area contributed by atoms with Crippen molar-refractivity contribution in [3.8, 4) is 0 Å². The summed E-state index contributed by atoms with van der Waals surface area (Å²) in [5.74, 6) is -0.664. The van der Waals surface area contributed by atoms with E-state index in [0.717, 1.165) is 5.56 Å². The van der Waals surface area contributed by atoms with E-state index in [0.29, 0.717) is 32.7 Å². The molecule has 0 bridgehead atoms. The van der Waals surface area contributed by atoms with E-state index < -0.39 is 26.3 Å². The van der Waals surface area contributed by atoms with Crippen LogP contribution in [0.3, 0.4) is 0 Å². The molecule has 2 aliphatic heterocycles. The van der Waals surface area contributed by atoms with Gasteiger partial charge in [0.05, 0.1) is 38.1 Å². The molecule has 2 heterocycles. The maximum atomic E-state index is 10.6. The predicted molar refractivity (Wildman–Crippen MR) is 136 cm³/mol. The highest BCUT2D eigenvalue weighted by Gasteiger charge is 2.43. The molecule has 1 N–H and O–H groups in total. The van der Waals surface area contributed by atoms with Gasteiger partial charge in [0.15, 0.2) is 14.1 Å². The maximum absolute atomic E-state index is 10.6. The second-order valence-corrected chi connectivity index (χ2v) is 16.2. The van der Waals surface area contributed by atoms with Gasteiger partial charge in [-0.05, 0) is 50.4 Å². The molecule has 1 aromatic rings. The molecule has 0 aliphatic carbocycles. The molecule has 5 atom stereocenters. The summed E-state index contributed by atoms with van der Waals surface area (Å²) in [6.45, 7) is 16.3. The van der Waals surface area contributed by atoms with Gasteiger partial charge in [-0.3, -0.25) is 0 Å². The zero-order valence-electron chi connectivity index (χ0n) is 22.0. The molecule has 0 unspecified atom stereocenters. The number of ether oxygens (including phenoxy) is 4. The molecule has 0 amide bonds. The Hall–Kier alpha value is -1.06. The van der Waals surface area contributed by atoms with Gasteiger partial charge in [0.2, 0.25) is 0 Å². The molecule has 2 aliphatic rings. The fourth-order valence-corrected chi connectivity index (χ4v) is 5.30. The molecule has 0 aromatic heterocycles. The molecule has 1 fully saturated rings. The quantitative estimate of drug-likeness (QED) is 0.416. The summed E-state index contributed by atoms with van der Waals surface area (Å²) in [5.41, 5.74) is 1.12. The summed E-state index contributed by atoms with van der Waals surface area (Å²) in [7, 11) is -2.13. The van der Waals surface area contributed by atoms with Crippen LogP contribution >= 0.6 is 0 Å². The Morgan fingerprint density at radius 1 is 1.09 bits per heavy atom. The predicted octanol–water partition coefficient (Wildman–Crippen LogP) is 5.21. The highest BCUT2D eigenvalue weighted by Crippen LogP contribution is 2.38. The lowest BCUT2D eigenvalue weighted by Gasteiger charge is -2.44. The van der Waals surface area contributed by atoms with Crippen molar-refractivity contribution >= 4 is 8.32 Å². The Labute approximate surface area is 206 Å². The number of fused-ring (bicyclic) bond motifs is 1. The van der Waals surface area contributed by atoms with Crippen LogP contribution in [0.25, 0.3) is 0 Å². The van der Waals surface area contributed by atoms with Crippen LogP contribution in [0, 0.1) is 0 Å². The van der Waals surface area contributed by atoms with Gasteiger partial charge >= 0.3 is 0 Å². The summed E-state index contributed by atoms with van der Waals surface area (Å²) in [6, 6.07) is 10.1. The zero-order chi connectivity index (χ0) is 25.0. The van der Waals surface area contributed by atoms with Crippen LogP contribution in [0.5, 0.6) is 0 Å². The summed E-state index contributed by atoms with van der Waals surface area (Å²) >= 11 is 0. The fraction of sp³-hybridized carbons (Fsp3) is 0.704. The Balaban J connectivity index is 1.81. The van der Waals surface area contributed by atoms with Crippen LogP contribution in [-0.2, 0) is 30.0 Å². The topological polar surface area (TPSA) is 66.4 Å². The van der Waals surface area contributed by atoms with Crippen LogP contribution in [0.4, 0.5) is 0 Å². The van der Waals surface area contributed by atoms with Crippen molar-refractivity contribution in [3.05, 3.63) is 48.0 Å². The fourth-order valence-electron chi connectivity index (χ4n) is 3.98. The van der Waals surface area contributed by atoms with Crippen molar-refractivity contribution in [1.29, 1.82) is 0 Å². The van der Waals surface area contributed by atoms with Crippen molar-refractivity contribution in [2.75, 3.05) is 13.2 Å². The average molecular weight is 493 g/mol. The van der Waals surface area contributed by atoms with E-state index in [2.05, 4.69) is 46.0 Å². The van der Waals surface area contributed by atoms with Gasteiger partial charge in [0.25, 0.3) is 0 Å². The molecule has 34 heavy (non-hydrogen) atoms. The van der Waals surface area contributed by atoms with E-state index in [1.54, 1.807) is 0 Å². The first-order valence-electron chi connectivity index (χ1n) is 12.5. The molecule has 0 spiro atoms. The van der Waals surface area contributed by atoms with Gasteiger partial charge in [-0.25, -0.2) is 0 Å². The van der Waals surface area contributed by atoms with Gasteiger partial charge in [-0.2, -0.15) is 0 Å². The molecule has 1 aromatic carbocycles. The Kier molecular flexibility index (Phi) is 9.17. The van der Waals surface area contributed by atoms with Gasteiger partial charge in [0, 0.05) is 0 Å². The van der Waals surface area contributed by atoms with E-state index in [4.69, 9.17) is 23.4 Å². The summed E-state index contributed by atoms with van der Waals surface area (Å²) in [4.78, 5) is 0. The summed E-state index contributed by atoms with van der Waals surface area (Å²) < 4.78 is 31.7. The third-order valence-electron chi connectivity index (χ3n) is 7.06. The first-order chi connectivity index (χ1) is 15.9. The average Bonchev–Trinajstić information content (AvgIpc) is 2.82. The number of aliphatic hydroxyl groups excluding tert-OH is 1. The SMILES string of the molecule is CC1(C)OC[C@@H]2O[C@@H]([C@@H](COCc3ccccc3)O[Si](C)(C)C(C)(C)C)/C=C\[C@@H](O)CC[C@H]2O1. The first-order valence-corrected chi connectivity index (χ1v) is 15.4. The van der Waals surface area contributed by atoms with Crippen LogP contribution < -0.4 is 0 Å². The highest BCUT2D eigenvalue weighted by atomic mass is 28.4. The molecular formula is C27H44O6Si. The standard InChI is InChI=1S/C27H44O6Si/c1-26(2,3)34(6,7)33-25(18-29-17-20-11-9-8-10-12-20)22-15-13-21(28)14-16-23-24(31-22)19-30-27(4,5)32-23/h8-13,15,21-25,28H,14,16-19H2,1-7H3/b15-13-/t21-,22-,23-,24+,25-/m1/s1. The van der Waals surface area contributed by atoms with Crippen molar-refractivity contribution in [2.45, 2.75) is 109 Å². The highest BCUT2D eigenvalue weighted by molar-refractivity contribution is 6.74. The normalized spacial score (nSPS) is 29.9. The molecular weight excluding hydrogens is 448 g/mol. The molecule has 3 rings (SSSR count). The lowest BCUT2D eigenvalue weighted by Crippen LogP contribution is -2.53. The number of benzene rings is 1. The second-order valence-electron chi connectivity index (χ2n) is 11.5. The van der Waals surface area contributed by atoms with E-state index in [1.165, 1.54) is 0 Å². The summed E-state index contributed by atoms with van der Waals surface area (Å²) in [5, 5.41) is 10.6. The van der Waals surface area contributed by atoms with Gasteiger partial charge in [-0.15, -0.1) is 0 Å². The van der Waals surface area contributed by atoms with Gasteiger partial charge < -0.3 is 28.5 Å². The van der Waals surface area contributed by atoms with E-state index in [9.17, 15) is 5.11 Å². The van der Waals surface area contributed by atoms with Crippen molar-refractivity contribution in [2.24, 2.45) is 0 Å². The summed E-state index contributed by atoms with van der Waals surface area (Å²) in [6.07, 6.45) is 3.42. The minimum absolute atomic E-state index is 0.0377. The maximum Gasteiger partial charge on any atom is 0.192 e. The molecule has 192 valence electrons. The Bertz CT molecular complexity index is 788. The number of aliphatic hydroxyl groups is 1. The van der Waals surface area contributed by atoms with Crippen LogP contribution in [0.2, 0.25) is 18.1 Å². The number of hydrogen-bond acceptors (Lipinski definition) is 6. The molecule has 7 heteroatoms. The van der Waals surface area contributed by atoms with E-state index in [-0.39, 0.29) is 23.4 Å². The van der Waals surface area contributed by atoms with Crippen LogP contribution in [0.15, 0.2) is 42.5 Å². The van der Waals surface area contributed by atoms with E-state index in [1.807, 2.05) is 44.2 Å². The molecule has 1 saturated heterocycles. The molecule has 0 saturated carbocycles. The van der Waals surface area contributed by atoms with Crippen molar-refractivity contribution in [3.63, 3.8) is 0 Å². The Morgan fingerprint density at radius 2 is 1.79 bits per heavy atom. The number of hydrogen-bond donors (Lipinski definition) is 1. The lowest BCUT2D eigenvalue weighted by molar-refractivity contribution is -0.316. The molecule has 6 nitrogen and oxygen atoms in total. The molecule has 0 radical (unpaired) electrons.